The lowest BCUT2D eigenvalue weighted by molar-refractivity contribution is 0.565. The van der Waals surface area contributed by atoms with E-state index in [1.807, 2.05) is 20.8 Å². The van der Waals surface area contributed by atoms with Crippen molar-refractivity contribution in [1.29, 1.82) is 0 Å². The van der Waals surface area contributed by atoms with E-state index in [2.05, 4.69) is 26.2 Å². The largest absolute Gasteiger partial charge is 0.372 e. The molecule has 0 amide bonds. The van der Waals surface area contributed by atoms with E-state index in [0.29, 0.717) is 10.2 Å². The van der Waals surface area contributed by atoms with E-state index >= 15 is 0 Å². The Hall–Kier alpha value is -1.56. The molecule has 0 spiro atoms. The van der Waals surface area contributed by atoms with Crippen LogP contribution in [-0.4, -0.2) is 9.55 Å². The van der Waals surface area contributed by atoms with Gasteiger partial charge in [0.2, 0.25) is 0 Å². The van der Waals surface area contributed by atoms with Crippen LogP contribution in [0, 0.1) is 12.7 Å². The van der Waals surface area contributed by atoms with Crippen LogP contribution >= 0.6 is 15.9 Å². The van der Waals surface area contributed by atoms with Crippen molar-refractivity contribution < 1.29 is 4.39 Å². The fourth-order valence-electron chi connectivity index (χ4n) is 2.78. The zero-order valence-corrected chi connectivity index (χ0v) is 13.3. The Balaban J connectivity index is 2.51. The average Bonchev–Trinajstić information content (AvgIpc) is 2.65. The van der Waals surface area contributed by atoms with E-state index in [0.717, 1.165) is 22.5 Å². The Labute approximate surface area is 124 Å². The Morgan fingerprint density at radius 1 is 1.40 bits per heavy atom. The third-order valence-electron chi connectivity index (χ3n) is 3.88. The molecule has 0 bridgehead atoms. The summed E-state index contributed by atoms with van der Waals surface area (Å²) in [5.74, 6) is -0.329. The van der Waals surface area contributed by atoms with Crippen molar-refractivity contribution in [2.75, 3.05) is 5.32 Å². The van der Waals surface area contributed by atoms with Gasteiger partial charge in [-0.2, -0.15) is 0 Å². The SMILES string of the molecule is Cc1c(Br)cc(F)c2c1-c1c([nH]c(=O)n1C)C(C)(C)N2. The summed E-state index contributed by atoms with van der Waals surface area (Å²) >= 11 is 3.37. The van der Waals surface area contributed by atoms with Crippen molar-refractivity contribution in [2.24, 2.45) is 7.05 Å². The molecule has 0 atom stereocenters. The molecule has 0 saturated carbocycles. The highest BCUT2D eigenvalue weighted by Gasteiger charge is 2.37. The number of anilines is 1. The lowest BCUT2D eigenvalue weighted by Gasteiger charge is -2.34. The summed E-state index contributed by atoms with van der Waals surface area (Å²) in [6, 6.07) is 1.45. The first-order valence-corrected chi connectivity index (χ1v) is 7.10. The highest BCUT2D eigenvalue weighted by molar-refractivity contribution is 9.10. The number of hydrogen-bond donors (Lipinski definition) is 2. The van der Waals surface area contributed by atoms with Crippen LogP contribution < -0.4 is 11.0 Å². The first kappa shape index (κ1) is 13.4. The van der Waals surface area contributed by atoms with Gasteiger partial charge in [0.15, 0.2) is 0 Å². The van der Waals surface area contributed by atoms with Gasteiger partial charge in [0, 0.05) is 17.1 Å². The van der Waals surface area contributed by atoms with Gasteiger partial charge in [-0.3, -0.25) is 4.57 Å². The van der Waals surface area contributed by atoms with Gasteiger partial charge in [0.05, 0.1) is 22.6 Å². The minimum atomic E-state index is -0.538. The molecule has 2 heterocycles. The zero-order valence-electron chi connectivity index (χ0n) is 11.7. The molecule has 0 unspecified atom stereocenters. The second-order valence-electron chi connectivity index (χ2n) is 5.68. The summed E-state index contributed by atoms with van der Waals surface area (Å²) in [5.41, 5.74) is 2.86. The van der Waals surface area contributed by atoms with Gasteiger partial charge in [-0.25, -0.2) is 9.18 Å². The molecule has 0 radical (unpaired) electrons. The molecule has 1 aromatic carbocycles. The smallest absolute Gasteiger partial charge is 0.326 e. The molecule has 20 heavy (non-hydrogen) atoms. The summed E-state index contributed by atoms with van der Waals surface area (Å²) in [6.45, 7) is 5.74. The molecule has 6 heteroatoms. The third kappa shape index (κ3) is 1.60. The molecule has 0 aliphatic carbocycles. The number of nitrogens with zero attached hydrogens (tertiary/aromatic N) is 1. The van der Waals surface area contributed by atoms with E-state index < -0.39 is 5.54 Å². The number of benzene rings is 1. The van der Waals surface area contributed by atoms with Crippen molar-refractivity contribution >= 4 is 21.6 Å². The Bertz CT molecular complexity index is 789. The number of aromatic amines is 1. The molecule has 1 aliphatic heterocycles. The number of H-pyrrole nitrogens is 1. The molecule has 2 N–H and O–H groups in total. The number of imidazole rings is 1. The van der Waals surface area contributed by atoms with Crippen LogP contribution in [0.1, 0.15) is 25.1 Å². The maximum Gasteiger partial charge on any atom is 0.326 e. The van der Waals surface area contributed by atoms with Crippen LogP contribution in [-0.2, 0) is 12.6 Å². The number of rotatable bonds is 0. The van der Waals surface area contributed by atoms with Crippen LogP contribution in [0.3, 0.4) is 0 Å². The second-order valence-corrected chi connectivity index (χ2v) is 6.53. The molecule has 0 fully saturated rings. The Kier molecular flexibility index (Phi) is 2.67. The molecular formula is C14H15BrFN3O. The van der Waals surface area contributed by atoms with Crippen LogP contribution in [0.25, 0.3) is 11.3 Å². The first-order chi connectivity index (χ1) is 9.24. The van der Waals surface area contributed by atoms with Gasteiger partial charge in [0.25, 0.3) is 0 Å². The summed E-state index contributed by atoms with van der Waals surface area (Å²) in [5, 5.41) is 3.19. The highest BCUT2D eigenvalue weighted by Crippen LogP contribution is 2.46. The summed E-state index contributed by atoms with van der Waals surface area (Å²) < 4.78 is 16.5. The Morgan fingerprint density at radius 2 is 2.05 bits per heavy atom. The Morgan fingerprint density at radius 3 is 2.70 bits per heavy atom. The van der Waals surface area contributed by atoms with Gasteiger partial charge >= 0.3 is 5.69 Å². The third-order valence-corrected chi connectivity index (χ3v) is 4.71. The van der Waals surface area contributed by atoms with E-state index in [-0.39, 0.29) is 11.5 Å². The summed E-state index contributed by atoms with van der Waals surface area (Å²) in [6.07, 6.45) is 0. The number of nitrogens with one attached hydrogen (secondary N) is 2. The predicted molar refractivity (Wildman–Crippen MR) is 80.5 cm³/mol. The van der Waals surface area contributed by atoms with Gasteiger partial charge < -0.3 is 10.3 Å². The lowest BCUT2D eigenvalue weighted by atomic mass is 9.88. The van der Waals surface area contributed by atoms with Gasteiger partial charge in [-0.15, -0.1) is 0 Å². The molecule has 4 nitrogen and oxygen atoms in total. The summed E-state index contributed by atoms with van der Waals surface area (Å²) in [7, 11) is 1.70. The van der Waals surface area contributed by atoms with Crippen LogP contribution in [0.5, 0.6) is 0 Å². The lowest BCUT2D eigenvalue weighted by Crippen LogP contribution is -2.33. The molecule has 0 saturated heterocycles. The van der Waals surface area contributed by atoms with Gasteiger partial charge in [0.1, 0.15) is 5.82 Å². The normalized spacial score (nSPS) is 15.5. The van der Waals surface area contributed by atoms with Crippen LogP contribution in [0.2, 0.25) is 0 Å². The van der Waals surface area contributed by atoms with Crippen molar-refractivity contribution in [1.82, 2.24) is 9.55 Å². The van der Waals surface area contributed by atoms with Gasteiger partial charge in [-0.1, -0.05) is 15.9 Å². The predicted octanol–water partition coefficient (Wildman–Crippen LogP) is 3.25. The standard InChI is InChI=1S/C14H15BrFN3O/c1-6-7(15)5-8(16)10-9(6)11-12(14(2,3)18-10)17-13(20)19(11)4/h5,18H,1-4H3,(H,17,20). The van der Waals surface area contributed by atoms with Gasteiger partial charge in [-0.05, 0) is 32.4 Å². The van der Waals surface area contributed by atoms with Crippen molar-refractivity contribution in [2.45, 2.75) is 26.3 Å². The zero-order chi connectivity index (χ0) is 14.8. The molecule has 3 rings (SSSR count). The van der Waals surface area contributed by atoms with E-state index in [1.54, 1.807) is 7.05 Å². The molecule has 1 aromatic heterocycles. The topological polar surface area (TPSA) is 49.8 Å². The minimum absolute atomic E-state index is 0.197. The monoisotopic (exact) mass is 339 g/mol. The van der Waals surface area contributed by atoms with E-state index in [1.165, 1.54) is 10.6 Å². The van der Waals surface area contributed by atoms with Crippen molar-refractivity contribution in [3.8, 4) is 11.3 Å². The van der Waals surface area contributed by atoms with Crippen molar-refractivity contribution in [3.05, 3.63) is 38.1 Å². The highest BCUT2D eigenvalue weighted by atomic mass is 79.9. The quantitative estimate of drug-likeness (QED) is 0.774. The minimum Gasteiger partial charge on any atom is -0.372 e. The molecular weight excluding hydrogens is 325 g/mol. The number of hydrogen-bond acceptors (Lipinski definition) is 2. The fraction of sp³-hybridized carbons (Fsp3) is 0.357. The first-order valence-electron chi connectivity index (χ1n) is 6.30. The average molecular weight is 340 g/mol. The molecule has 1 aliphatic rings. The maximum atomic E-state index is 14.3. The maximum absolute atomic E-state index is 14.3. The van der Waals surface area contributed by atoms with E-state index in [9.17, 15) is 9.18 Å². The number of fused-ring (bicyclic) bond motifs is 3. The molecule has 2 aromatic rings. The second kappa shape index (κ2) is 3.97. The van der Waals surface area contributed by atoms with Crippen LogP contribution in [0.15, 0.2) is 15.3 Å². The molecule has 106 valence electrons. The number of aromatic nitrogens is 2. The van der Waals surface area contributed by atoms with Crippen molar-refractivity contribution in [3.63, 3.8) is 0 Å². The number of halogens is 2. The van der Waals surface area contributed by atoms with Crippen LogP contribution in [0.4, 0.5) is 10.1 Å². The van der Waals surface area contributed by atoms with E-state index in [4.69, 9.17) is 0 Å². The fourth-order valence-corrected chi connectivity index (χ4v) is 3.17. The summed E-state index contributed by atoms with van der Waals surface area (Å²) in [4.78, 5) is 14.8.